The number of rotatable bonds is 4. The van der Waals surface area contributed by atoms with E-state index < -0.39 is 23.5 Å². The molecular formula is C22H16F6N4OS. The zero-order valence-corrected chi connectivity index (χ0v) is 18.3. The van der Waals surface area contributed by atoms with Crippen LogP contribution in [-0.2, 0) is 25.3 Å². The van der Waals surface area contributed by atoms with Crippen LogP contribution in [-0.4, -0.2) is 27.9 Å². The highest BCUT2D eigenvalue weighted by molar-refractivity contribution is 8.18. The topological polar surface area (TPSA) is 59.3 Å². The second kappa shape index (κ2) is 8.82. The van der Waals surface area contributed by atoms with Gasteiger partial charge in [-0.05, 0) is 53.6 Å². The van der Waals surface area contributed by atoms with Gasteiger partial charge in [0.15, 0.2) is 0 Å². The van der Waals surface area contributed by atoms with Gasteiger partial charge < -0.3 is 5.32 Å². The van der Waals surface area contributed by atoms with Crippen LogP contribution in [0.15, 0.2) is 52.5 Å². The van der Waals surface area contributed by atoms with Crippen molar-refractivity contribution in [1.82, 2.24) is 15.1 Å². The first kappa shape index (κ1) is 23.9. The first-order valence-electron chi connectivity index (χ1n) is 9.87. The number of hydrogen-bond donors (Lipinski definition) is 1. The van der Waals surface area contributed by atoms with Gasteiger partial charge in [-0.1, -0.05) is 18.2 Å². The number of benzene rings is 2. The van der Waals surface area contributed by atoms with Crippen molar-refractivity contribution in [2.75, 3.05) is 7.05 Å². The summed E-state index contributed by atoms with van der Waals surface area (Å²) < 4.78 is 80.5. The Morgan fingerprint density at radius 1 is 1.12 bits per heavy atom. The molecule has 1 fully saturated rings. The van der Waals surface area contributed by atoms with Crippen molar-refractivity contribution in [3.63, 3.8) is 0 Å². The third-order valence-electron chi connectivity index (χ3n) is 5.22. The lowest BCUT2D eigenvalue weighted by atomic mass is 10.0. The molecular weight excluding hydrogens is 482 g/mol. The average Bonchev–Trinajstić information content (AvgIpc) is 3.34. The number of hydrogen-bond acceptors (Lipinski definition) is 4. The van der Waals surface area contributed by atoms with Crippen LogP contribution >= 0.6 is 11.8 Å². The average molecular weight is 498 g/mol. The van der Waals surface area contributed by atoms with E-state index in [0.717, 1.165) is 23.4 Å². The van der Waals surface area contributed by atoms with Crippen LogP contribution in [0.1, 0.15) is 22.3 Å². The standard InChI is InChI=1S/C22H16F6N4OS/c1-29-19-18(34-20(33)31-19)9-13-3-2-4-17-15(13)11-30-32(17)8-7-12-5-6-14(21(23,24)25)10-16(12)22(26,27)28/h2-6,9-11H,7-8H2,1H3,(H,29,31,33)/b18-9-. The minimum atomic E-state index is -4.93. The predicted molar refractivity (Wildman–Crippen MR) is 117 cm³/mol. The summed E-state index contributed by atoms with van der Waals surface area (Å²) in [5.74, 6) is 0.432. The number of aromatic nitrogens is 2. The summed E-state index contributed by atoms with van der Waals surface area (Å²) in [4.78, 5) is 16.3. The Morgan fingerprint density at radius 2 is 1.88 bits per heavy atom. The minimum Gasteiger partial charge on any atom is -0.300 e. The van der Waals surface area contributed by atoms with E-state index in [-0.39, 0.29) is 29.8 Å². The maximum atomic E-state index is 13.4. The first-order valence-corrected chi connectivity index (χ1v) is 10.7. The predicted octanol–water partition coefficient (Wildman–Crippen LogP) is 6.14. The Kier molecular flexibility index (Phi) is 6.19. The molecule has 1 saturated heterocycles. The van der Waals surface area contributed by atoms with E-state index in [9.17, 15) is 31.1 Å². The Balaban J connectivity index is 1.64. The third-order valence-corrected chi connectivity index (χ3v) is 6.04. The van der Waals surface area contributed by atoms with E-state index in [1.54, 1.807) is 37.5 Å². The molecule has 1 aliphatic rings. The van der Waals surface area contributed by atoms with Crippen molar-refractivity contribution < 1.29 is 31.1 Å². The third kappa shape index (κ3) is 4.81. The maximum absolute atomic E-state index is 13.4. The van der Waals surface area contributed by atoms with E-state index >= 15 is 0 Å². The fourth-order valence-corrected chi connectivity index (χ4v) is 4.40. The summed E-state index contributed by atoms with van der Waals surface area (Å²) in [5.41, 5.74) is -1.55. The number of fused-ring (bicyclic) bond motifs is 1. The number of alkyl halides is 6. The largest absolute Gasteiger partial charge is 0.416 e. The molecule has 5 nitrogen and oxygen atoms in total. The Hall–Kier alpha value is -3.28. The van der Waals surface area contributed by atoms with Gasteiger partial charge in [-0.2, -0.15) is 31.4 Å². The summed E-state index contributed by atoms with van der Waals surface area (Å²) in [6, 6.07) is 6.93. The van der Waals surface area contributed by atoms with Gasteiger partial charge in [-0.3, -0.25) is 14.5 Å². The normalized spacial score (nSPS) is 17.2. The van der Waals surface area contributed by atoms with Crippen LogP contribution < -0.4 is 5.32 Å². The molecule has 3 aromatic rings. The molecule has 0 saturated carbocycles. The molecule has 0 radical (unpaired) electrons. The number of aliphatic imine (C=N–C) groups is 1. The highest BCUT2D eigenvalue weighted by Crippen LogP contribution is 2.37. The number of amidine groups is 1. The fraction of sp³-hybridized carbons (Fsp3) is 0.227. The number of amides is 1. The number of nitrogens with one attached hydrogen (secondary N) is 1. The molecule has 178 valence electrons. The van der Waals surface area contributed by atoms with Gasteiger partial charge in [0.1, 0.15) is 5.84 Å². The molecule has 0 aliphatic carbocycles. The van der Waals surface area contributed by atoms with Crippen LogP contribution in [0.5, 0.6) is 0 Å². The molecule has 1 amide bonds. The van der Waals surface area contributed by atoms with Gasteiger partial charge >= 0.3 is 12.4 Å². The fourth-order valence-electron chi connectivity index (χ4n) is 3.63. The molecule has 0 unspecified atom stereocenters. The van der Waals surface area contributed by atoms with Crippen molar-refractivity contribution in [1.29, 1.82) is 0 Å². The summed E-state index contributed by atoms with van der Waals surface area (Å²) in [6.45, 7) is 0.0223. The Morgan fingerprint density at radius 3 is 2.56 bits per heavy atom. The molecule has 1 N–H and O–H groups in total. The Bertz CT molecular complexity index is 1320. The highest BCUT2D eigenvalue weighted by Gasteiger charge is 2.38. The van der Waals surface area contributed by atoms with Crippen LogP contribution in [0.2, 0.25) is 0 Å². The van der Waals surface area contributed by atoms with Crippen LogP contribution in [0.3, 0.4) is 0 Å². The quantitative estimate of drug-likeness (QED) is 0.440. The summed E-state index contributed by atoms with van der Waals surface area (Å²) in [7, 11) is 1.55. The molecule has 2 aromatic carbocycles. The van der Waals surface area contributed by atoms with Crippen LogP contribution in [0.25, 0.3) is 17.0 Å². The van der Waals surface area contributed by atoms with E-state index in [1.165, 1.54) is 4.68 Å². The number of thioether (sulfide) groups is 1. The Labute approximate surface area is 193 Å². The van der Waals surface area contributed by atoms with Crippen molar-refractivity contribution in [3.8, 4) is 0 Å². The van der Waals surface area contributed by atoms with Crippen molar-refractivity contribution in [2.24, 2.45) is 4.99 Å². The summed E-state index contributed by atoms with van der Waals surface area (Å²) >= 11 is 0.989. The van der Waals surface area contributed by atoms with Gasteiger partial charge in [-0.15, -0.1) is 0 Å². The summed E-state index contributed by atoms with van der Waals surface area (Å²) in [5, 5.41) is 7.32. The lowest BCUT2D eigenvalue weighted by Gasteiger charge is -2.16. The van der Waals surface area contributed by atoms with Gasteiger partial charge in [-0.25, -0.2) is 0 Å². The smallest absolute Gasteiger partial charge is 0.300 e. The minimum absolute atomic E-state index is 0.0223. The lowest BCUT2D eigenvalue weighted by molar-refractivity contribution is -0.143. The highest BCUT2D eigenvalue weighted by atomic mass is 32.2. The monoisotopic (exact) mass is 498 g/mol. The van der Waals surface area contributed by atoms with Gasteiger partial charge in [0.25, 0.3) is 5.24 Å². The number of nitrogens with zero attached hydrogens (tertiary/aromatic N) is 3. The number of carbonyl (C=O) groups excluding carboxylic acids is 1. The zero-order chi connectivity index (χ0) is 24.7. The van der Waals surface area contributed by atoms with Crippen LogP contribution in [0.4, 0.5) is 31.1 Å². The molecule has 34 heavy (non-hydrogen) atoms. The molecule has 12 heteroatoms. The summed E-state index contributed by atoms with van der Waals surface area (Å²) in [6.07, 6.45) is -6.66. The molecule has 2 heterocycles. The number of carbonyl (C=O) groups is 1. The second-order valence-electron chi connectivity index (χ2n) is 7.36. The van der Waals surface area contributed by atoms with Gasteiger partial charge in [0.05, 0.1) is 27.7 Å². The SMILES string of the molecule is CN=C1NC(=O)S/C1=C\c1cccc2c1cnn2CCc1ccc(C(F)(F)F)cc1C(F)(F)F. The van der Waals surface area contributed by atoms with E-state index in [2.05, 4.69) is 15.4 Å². The van der Waals surface area contributed by atoms with Crippen LogP contribution in [0, 0.1) is 0 Å². The van der Waals surface area contributed by atoms with Crippen molar-refractivity contribution >= 4 is 39.8 Å². The maximum Gasteiger partial charge on any atom is 0.416 e. The van der Waals surface area contributed by atoms with Crippen molar-refractivity contribution in [3.05, 3.63) is 69.8 Å². The van der Waals surface area contributed by atoms with E-state index in [4.69, 9.17) is 0 Å². The zero-order valence-electron chi connectivity index (χ0n) is 17.5. The first-order chi connectivity index (χ1) is 16.0. The molecule has 4 rings (SSSR count). The number of aryl methyl sites for hydroxylation is 2. The molecule has 0 atom stereocenters. The van der Waals surface area contributed by atoms with Gasteiger partial charge in [0.2, 0.25) is 0 Å². The van der Waals surface area contributed by atoms with Gasteiger partial charge in [0, 0.05) is 19.0 Å². The number of halogens is 6. The molecule has 1 aromatic heterocycles. The lowest BCUT2D eigenvalue weighted by Crippen LogP contribution is -2.18. The van der Waals surface area contributed by atoms with E-state index in [1.807, 2.05) is 0 Å². The molecule has 1 aliphatic heterocycles. The van der Waals surface area contributed by atoms with E-state index in [0.29, 0.717) is 27.7 Å². The second-order valence-corrected chi connectivity index (χ2v) is 8.38. The molecule has 0 spiro atoms. The van der Waals surface area contributed by atoms with Crippen molar-refractivity contribution in [2.45, 2.75) is 25.3 Å². The molecule has 0 bridgehead atoms.